The van der Waals surface area contributed by atoms with Crippen molar-refractivity contribution in [1.29, 1.82) is 5.26 Å². The van der Waals surface area contributed by atoms with Crippen LogP contribution in [0.25, 0.3) is 0 Å². The molecular weight excluding hydrogens is 248 g/mol. The second kappa shape index (κ2) is 4.99. The minimum Gasteiger partial charge on any atom is -0.455 e. The molecule has 0 amide bonds. The number of hydrogen-bond acceptors (Lipinski definition) is 3. The van der Waals surface area contributed by atoms with Gasteiger partial charge in [0.15, 0.2) is 0 Å². The van der Waals surface area contributed by atoms with Gasteiger partial charge in [-0.25, -0.2) is 0 Å². The van der Waals surface area contributed by atoms with E-state index in [-0.39, 0.29) is 0 Å². The molecule has 18 heavy (non-hydrogen) atoms. The molecule has 2 aromatic carbocycles. The van der Waals surface area contributed by atoms with E-state index < -0.39 is 0 Å². The molecule has 0 aliphatic carbocycles. The Balaban J connectivity index is 2.29. The van der Waals surface area contributed by atoms with Crippen molar-refractivity contribution >= 4 is 17.3 Å². The number of anilines is 1. The van der Waals surface area contributed by atoms with Crippen molar-refractivity contribution in [3.63, 3.8) is 0 Å². The van der Waals surface area contributed by atoms with Crippen molar-refractivity contribution < 1.29 is 4.74 Å². The van der Waals surface area contributed by atoms with Crippen LogP contribution in [0.3, 0.4) is 0 Å². The summed E-state index contributed by atoms with van der Waals surface area (Å²) in [5, 5.41) is 9.44. The highest BCUT2D eigenvalue weighted by molar-refractivity contribution is 6.31. The topological polar surface area (TPSA) is 59.0 Å². The molecule has 0 saturated heterocycles. The largest absolute Gasteiger partial charge is 0.455 e. The fraction of sp³-hybridized carbons (Fsp3) is 0.0714. The maximum absolute atomic E-state index is 8.75. The molecule has 0 aliphatic heterocycles. The summed E-state index contributed by atoms with van der Waals surface area (Å²) in [6, 6.07) is 12.3. The van der Waals surface area contributed by atoms with Crippen LogP contribution < -0.4 is 10.5 Å². The molecule has 4 heteroatoms. The van der Waals surface area contributed by atoms with E-state index in [2.05, 4.69) is 0 Å². The number of rotatable bonds is 2. The number of halogens is 1. The molecule has 0 atom stereocenters. The van der Waals surface area contributed by atoms with Gasteiger partial charge in [0.25, 0.3) is 0 Å². The molecule has 0 bridgehead atoms. The van der Waals surface area contributed by atoms with Crippen LogP contribution in [0.5, 0.6) is 11.5 Å². The van der Waals surface area contributed by atoms with E-state index in [9.17, 15) is 0 Å². The Morgan fingerprint density at radius 2 is 2.00 bits per heavy atom. The van der Waals surface area contributed by atoms with Gasteiger partial charge in [0, 0.05) is 5.02 Å². The Bertz CT molecular complexity index is 632. The lowest BCUT2D eigenvalue weighted by atomic mass is 10.2. The van der Waals surface area contributed by atoms with Crippen molar-refractivity contribution in [2.75, 3.05) is 5.73 Å². The van der Waals surface area contributed by atoms with Gasteiger partial charge in [-0.15, -0.1) is 0 Å². The van der Waals surface area contributed by atoms with Crippen LogP contribution in [0, 0.1) is 18.3 Å². The van der Waals surface area contributed by atoms with Crippen LogP contribution in [0.15, 0.2) is 36.4 Å². The summed E-state index contributed by atoms with van der Waals surface area (Å²) in [5.74, 6) is 1.18. The molecule has 0 unspecified atom stereocenters. The maximum atomic E-state index is 8.75. The first-order valence-corrected chi connectivity index (χ1v) is 5.71. The van der Waals surface area contributed by atoms with Crippen molar-refractivity contribution in [2.24, 2.45) is 0 Å². The highest BCUT2D eigenvalue weighted by Gasteiger charge is 2.04. The Morgan fingerprint density at radius 1 is 1.22 bits per heavy atom. The molecule has 0 radical (unpaired) electrons. The van der Waals surface area contributed by atoms with Crippen molar-refractivity contribution in [3.05, 3.63) is 52.5 Å². The van der Waals surface area contributed by atoms with Gasteiger partial charge in [-0.05, 0) is 48.9 Å². The third kappa shape index (κ3) is 2.55. The standard InChI is InChI=1S/C14H11ClN2O/c1-9-6-11(3-4-12(9)15)18-14-5-2-10(8-16)7-13(14)17/h2-7H,17H2,1H3. The van der Waals surface area contributed by atoms with Gasteiger partial charge in [0.2, 0.25) is 0 Å². The summed E-state index contributed by atoms with van der Waals surface area (Å²) < 4.78 is 5.65. The predicted molar refractivity (Wildman–Crippen MR) is 71.8 cm³/mol. The Morgan fingerprint density at radius 3 is 2.61 bits per heavy atom. The van der Waals surface area contributed by atoms with Gasteiger partial charge < -0.3 is 10.5 Å². The molecule has 3 nitrogen and oxygen atoms in total. The summed E-state index contributed by atoms with van der Waals surface area (Å²) in [7, 11) is 0. The minimum absolute atomic E-state index is 0.432. The second-order valence-electron chi connectivity index (χ2n) is 3.88. The minimum atomic E-state index is 0.432. The van der Waals surface area contributed by atoms with E-state index in [4.69, 9.17) is 27.3 Å². The van der Waals surface area contributed by atoms with Crippen molar-refractivity contribution in [1.82, 2.24) is 0 Å². The van der Waals surface area contributed by atoms with Gasteiger partial charge in [-0.2, -0.15) is 5.26 Å². The highest BCUT2D eigenvalue weighted by atomic mass is 35.5. The number of nitriles is 1. The van der Waals surface area contributed by atoms with Crippen LogP contribution in [-0.4, -0.2) is 0 Å². The van der Waals surface area contributed by atoms with Gasteiger partial charge >= 0.3 is 0 Å². The average Bonchev–Trinajstić information content (AvgIpc) is 2.36. The lowest BCUT2D eigenvalue weighted by molar-refractivity contribution is 0.484. The number of nitrogens with zero attached hydrogens (tertiary/aromatic N) is 1. The fourth-order valence-corrected chi connectivity index (χ4v) is 1.64. The molecule has 2 N–H and O–H groups in total. The smallest absolute Gasteiger partial charge is 0.150 e. The third-order valence-electron chi connectivity index (χ3n) is 2.50. The monoisotopic (exact) mass is 258 g/mol. The van der Waals surface area contributed by atoms with Crippen LogP contribution in [0.2, 0.25) is 5.02 Å². The third-order valence-corrected chi connectivity index (χ3v) is 2.92. The number of nitrogens with two attached hydrogens (primary N) is 1. The maximum Gasteiger partial charge on any atom is 0.150 e. The summed E-state index contributed by atoms with van der Waals surface area (Å²) in [4.78, 5) is 0. The molecule has 90 valence electrons. The molecule has 0 spiro atoms. The molecule has 0 heterocycles. The Hall–Kier alpha value is -2.18. The van der Waals surface area contributed by atoms with Gasteiger partial charge in [-0.3, -0.25) is 0 Å². The zero-order chi connectivity index (χ0) is 13.1. The van der Waals surface area contributed by atoms with Crippen LogP contribution in [0.4, 0.5) is 5.69 Å². The molecule has 0 aliphatic rings. The van der Waals surface area contributed by atoms with Gasteiger partial charge in [0.05, 0.1) is 17.3 Å². The quantitative estimate of drug-likeness (QED) is 0.831. The molecule has 0 fully saturated rings. The summed E-state index contributed by atoms with van der Waals surface area (Å²) in [5.41, 5.74) is 7.68. The van der Waals surface area contributed by atoms with E-state index in [1.54, 1.807) is 30.3 Å². The summed E-state index contributed by atoms with van der Waals surface area (Å²) in [6.45, 7) is 1.90. The van der Waals surface area contributed by atoms with Gasteiger partial charge in [-0.1, -0.05) is 11.6 Å². The zero-order valence-electron chi connectivity index (χ0n) is 9.77. The van der Waals surface area contributed by atoms with Crippen molar-refractivity contribution in [3.8, 4) is 17.6 Å². The molecule has 2 aromatic rings. The van der Waals surface area contributed by atoms with Crippen LogP contribution >= 0.6 is 11.6 Å². The highest BCUT2D eigenvalue weighted by Crippen LogP contribution is 2.30. The van der Waals surface area contributed by atoms with E-state index in [1.807, 2.05) is 19.1 Å². The average molecular weight is 259 g/mol. The molecular formula is C14H11ClN2O. The SMILES string of the molecule is Cc1cc(Oc2ccc(C#N)cc2N)ccc1Cl. The molecule has 0 aromatic heterocycles. The van der Waals surface area contributed by atoms with Crippen LogP contribution in [0.1, 0.15) is 11.1 Å². The van der Waals surface area contributed by atoms with E-state index in [0.717, 1.165) is 5.56 Å². The number of nitrogen functional groups attached to an aromatic ring is 1. The summed E-state index contributed by atoms with van der Waals surface area (Å²) >= 11 is 5.94. The number of aryl methyl sites for hydroxylation is 1. The Labute approximate surface area is 110 Å². The van der Waals surface area contributed by atoms with Gasteiger partial charge in [0.1, 0.15) is 11.5 Å². The normalized spacial score (nSPS) is 9.83. The number of ether oxygens (including phenoxy) is 1. The zero-order valence-corrected chi connectivity index (χ0v) is 10.5. The van der Waals surface area contributed by atoms with E-state index >= 15 is 0 Å². The fourth-order valence-electron chi connectivity index (χ4n) is 1.52. The first-order valence-electron chi connectivity index (χ1n) is 5.34. The molecule has 0 saturated carbocycles. The predicted octanol–water partition coefficient (Wildman–Crippen LogP) is 3.89. The van der Waals surface area contributed by atoms with E-state index in [0.29, 0.717) is 27.8 Å². The second-order valence-corrected chi connectivity index (χ2v) is 4.28. The van der Waals surface area contributed by atoms with Crippen LogP contribution in [-0.2, 0) is 0 Å². The van der Waals surface area contributed by atoms with E-state index in [1.165, 1.54) is 0 Å². The lowest BCUT2D eigenvalue weighted by Crippen LogP contribution is -1.93. The summed E-state index contributed by atoms with van der Waals surface area (Å²) in [6.07, 6.45) is 0. The van der Waals surface area contributed by atoms with Crippen molar-refractivity contribution in [2.45, 2.75) is 6.92 Å². The Kier molecular flexibility index (Phi) is 3.40. The number of hydrogen-bond donors (Lipinski definition) is 1. The first-order chi connectivity index (χ1) is 8.60. The lowest BCUT2D eigenvalue weighted by Gasteiger charge is -2.09. The number of benzene rings is 2. The first kappa shape index (κ1) is 12.3. The molecule has 2 rings (SSSR count).